The van der Waals surface area contributed by atoms with Crippen molar-refractivity contribution in [3.05, 3.63) is 12.2 Å². The largest absolute Gasteiger partial charge is 0.395 e. The average molecular weight is 405 g/mol. The number of nitrogens with zero attached hydrogens (tertiary/aromatic N) is 2. The number of carbonyl (C=O) groups is 2. The first kappa shape index (κ1) is 26.4. The van der Waals surface area contributed by atoms with Crippen LogP contribution in [0.4, 0.5) is 0 Å². The van der Waals surface area contributed by atoms with Crippen LogP contribution in [0.25, 0.3) is 0 Å². The Morgan fingerprint density at radius 3 is 1.21 bits per heavy atom. The van der Waals surface area contributed by atoms with Crippen LogP contribution in [0.1, 0.15) is 12.8 Å². The Hall–Kier alpha value is -1.56. The summed E-state index contributed by atoms with van der Waals surface area (Å²) in [5, 5.41) is 41.0. The van der Waals surface area contributed by atoms with E-state index in [1.165, 1.54) is 12.2 Å². The molecule has 0 atom stereocenters. The molecule has 0 aliphatic carbocycles. The summed E-state index contributed by atoms with van der Waals surface area (Å²) >= 11 is 0. The molecule has 0 bridgehead atoms. The molecule has 6 N–H and O–H groups in total. The maximum Gasteiger partial charge on any atom is 0.244 e. The molecule has 0 saturated carbocycles. The van der Waals surface area contributed by atoms with E-state index in [2.05, 4.69) is 10.6 Å². The topological polar surface area (TPSA) is 146 Å². The van der Waals surface area contributed by atoms with Gasteiger partial charge in [-0.05, 0) is 25.9 Å². The molecule has 0 radical (unpaired) electrons. The van der Waals surface area contributed by atoms with Crippen molar-refractivity contribution in [2.24, 2.45) is 0 Å². The first-order valence-electron chi connectivity index (χ1n) is 9.69. The van der Waals surface area contributed by atoms with Gasteiger partial charge in [-0.25, -0.2) is 0 Å². The van der Waals surface area contributed by atoms with Gasteiger partial charge in [-0.2, -0.15) is 0 Å². The van der Waals surface area contributed by atoms with Crippen molar-refractivity contribution in [1.29, 1.82) is 0 Å². The molecule has 0 aromatic rings. The molecule has 0 aromatic heterocycles. The molecule has 164 valence electrons. The standard InChI is InChI=1S/C18H36N4O6/c23-13-9-21(10-14-24)7-1-5-19-17(27)3-4-18(28)20-6-2-8-22(11-15-25)12-16-26/h3-4,23-26H,1-2,5-16H2,(H,19,27)(H,20,28). The number of aliphatic hydroxyl groups excluding tert-OH is 4. The molecule has 0 aliphatic rings. The number of hydrogen-bond acceptors (Lipinski definition) is 8. The van der Waals surface area contributed by atoms with E-state index in [1.54, 1.807) is 0 Å². The first-order valence-corrected chi connectivity index (χ1v) is 9.69. The molecule has 28 heavy (non-hydrogen) atoms. The summed E-state index contributed by atoms with van der Waals surface area (Å²) in [4.78, 5) is 27.2. The Balaban J connectivity index is 3.87. The molecule has 0 fully saturated rings. The molecule has 0 unspecified atom stereocenters. The lowest BCUT2D eigenvalue weighted by molar-refractivity contribution is -0.118. The third-order valence-corrected chi connectivity index (χ3v) is 3.95. The van der Waals surface area contributed by atoms with Gasteiger partial charge in [-0.3, -0.25) is 19.4 Å². The normalized spacial score (nSPS) is 11.5. The molecular formula is C18H36N4O6. The zero-order valence-electron chi connectivity index (χ0n) is 16.6. The number of hydrogen-bond donors (Lipinski definition) is 6. The molecule has 0 aliphatic heterocycles. The minimum Gasteiger partial charge on any atom is -0.395 e. The van der Waals surface area contributed by atoms with Crippen LogP contribution in [0.5, 0.6) is 0 Å². The van der Waals surface area contributed by atoms with Crippen molar-refractivity contribution >= 4 is 11.8 Å². The average Bonchev–Trinajstić information content (AvgIpc) is 2.67. The highest BCUT2D eigenvalue weighted by Crippen LogP contribution is 1.91. The molecular weight excluding hydrogens is 368 g/mol. The van der Waals surface area contributed by atoms with Crippen molar-refractivity contribution in [2.45, 2.75) is 12.8 Å². The van der Waals surface area contributed by atoms with E-state index in [4.69, 9.17) is 20.4 Å². The Bertz CT molecular complexity index is 386. The smallest absolute Gasteiger partial charge is 0.244 e. The van der Waals surface area contributed by atoms with Gasteiger partial charge >= 0.3 is 0 Å². The van der Waals surface area contributed by atoms with Gasteiger partial charge < -0.3 is 31.1 Å². The molecule has 10 nitrogen and oxygen atoms in total. The fourth-order valence-electron chi connectivity index (χ4n) is 2.53. The van der Waals surface area contributed by atoms with Gasteiger partial charge in [-0.1, -0.05) is 0 Å². The molecule has 0 rings (SSSR count). The van der Waals surface area contributed by atoms with Gasteiger partial charge in [0, 0.05) is 51.4 Å². The monoisotopic (exact) mass is 404 g/mol. The summed E-state index contributed by atoms with van der Waals surface area (Å²) in [5.41, 5.74) is 0. The van der Waals surface area contributed by atoms with Crippen LogP contribution in [-0.4, -0.2) is 121 Å². The van der Waals surface area contributed by atoms with Gasteiger partial charge in [0.2, 0.25) is 11.8 Å². The molecule has 0 saturated heterocycles. The van der Waals surface area contributed by atoms with Gasteiger partial charge in [0.15, 0.2) is 0 Å². The van der Waals surface area contributed by atoms with Crippen LogP contribution in [-0.2, 0) is 9.59 Å². The van der Waals surface area contributed by atoms with E-state index in [-0.39, 0.29) is 38.2 Å². The maximum atomic E-state index is 11.7. The van der Waals surface area contributed by atoms with Crippen LogP contribution >= 0.6 is 0 Å². The zero-order chi connectivity index (χ0) is 21.0. The fourth-order valence-corrected chi connectivity index (χ4v) is 2.53. The summed E-state index contributed by atoms with van der Waals surface area (Å²) < 4.78 is 0. The predicted molar refractivity (Wildman–Crippen MR) is 106 cm³/mol. The summed E-state index contributed by atoms with van der Waals surface area (Å²) in [5.74, 6) is -0.717. The Morgan fingerprint density at radius 1 is 0.607 bits per heavy atom. The van der Waals surface area contributed by atoms with Gasteiger partial charge in [0.1, 0.15) is 0 Å². The molecule has 0 heterocycles. The van der Waals surface area contributed by atoms with Crippen molar-refractivity contribution in [2.75, 3.05) is 78.8 Å². The highest BCUT2D eigenvalue weighted by Gasteiger charge is 2.05. The maximum absolute atomic E-state index is 11.7. The number of rotatable bonds is 18. The second-order valence-electron chi connectivity index (χ2n) is 6.20. The summed E-state index contributed by atoms with van der Waals surface area (Å²) in [7, 11) is 0. The molecule has 10 heteroatoms. The van der Waals surface area contributed by atoms with Gasteiger partial charge in [0.05, 0.1) is 26.4 Å². The minimum absolute atomic E-state index is 0.0190. The predicted octanol–water partition coefficient (Wildman–Crippen LogP) is -2.87. The minimum atomic E-state index is -0.358. The van der Waals surface area contributed by atoms with Crippen molar-refractivity contribution < 1.29 is 30.0 Å². The molecule has 0 aromatic carbocycles. The second-order valence-corrected chi connectivity index (χ2v) is 6.20. The summed E-state index contributed by atoms with van der Waals surface area (Å²) in [6, 6.07) is 0. The lowest BCUT2D eigenvalue weighted by Gasteiger charge is -2.19. The van der Waals surface area contributed by atoms with Crippen LogP contribution in [0.2, 0.25) is 0 Å². The third kappa shape index (κ3) is 15.5. The molecule has 0 spiro atoms. The quantitative estimate of drug-likeness (QED) is 0.106. The van der Waals surface area contributed by atoms with E-state index < -0.39 is 0 Å². The number of aliphatic hydroxyl groups is 4. The van der Waals surface area contributed by atoms with Gasteiger partial charge in [-0.15, -0.1) is 0 Å². The Labute approximate surface area is 166 Å². The highest BCUT2D eigenvalue weighted by atomic mass is 16.3. The van der Waals surface area contributed by atoms with Gasteiger partial charge in [0.25, 0.3) is 0 Å². The fraction of sp³-hybridized carbons (Fsp3) is 0.778. The number of carbonyl (C=O) groups excluding carboxylic acids is 2. The van der Waals surface area contributed by atoms with Crippen molar-refractivity contribution in [3.63, 3.8) is 0 Å². The third-order valence-electron chi connectivity index (χ3n) is 3.95. The van der Waals surface area contributed by atoms with E-state index in [0.717, 1.165) is 0 Å². The summed E-state index contributed by atoms with van der Waals surface area (Å²) in [6.07, 6.45) is 3.70. The lowest BCUT2D eigenvalue weighted by atomic mass is 10.3. The van der Waals surface area contributed by atoms with Crippen LogP contribution in [0.3, 0.4) is 0 Å². The van der Waals surface area contributed by atoms with E-state index in [1.807, 2.05) is 9.80 Å². The second kappa shape index (κ2) is 18.8. The van der Waals surface area contributed by atoms with E-state index >= 15 is 0 Å². The molecule has 2 amide bonds. The van der Waals surface area contributed by atoms with Crippen LogP contribution < -0.4 is 10.6 Å². The first-order chi connectivity index (χ1) is 13.6. The number of amides is 2. The SMILES string of the molecule is O=C(C=CC(=O)NCCCN(CCO)CCO)NCCCN(CCO)CCO. The van der Waals surface area contributed by atoms with Crippen molar-refractivity contribution in [1.82, 2.24) is 20.4 Å². The van der Waals surface area contributed by atoms with Crippen LogP contribution in [0.15, 0.2) is 12.2 Å². The summed E-state index contributed by atoms with van der Waals surface area (Å²) in [6.45, 7) is 4.15. The Kier molecular flexibility index (Phi) is 17.7. The van der Waals surface area contributed by atoms with E-state index in [9.17, 15) is 9.59 Å². The zero-order valence-corrected chi connectivity index (χ0v) is 16.6. The highest BCUT2D eigenvalue weighted by molar-refractivity contribution is 5.96. The number of nitrogens with one attached hydrogen (secondary N) is 2. The lowest BCUT2D eigenvalue weighted by Crippen LogP contribution is -2.33. The van der Waals surface area contributed by atoms with E-state index in [0.29, 0.717) is 65.2 Å². The van der Waals surface area contributed by atoms with Crippen molar-refractivity contribution in [3.8, 4) is 0 Å². The Morgan fingerprint density at radius 2 is 0.929 bits per heavy atom. The van der Waals surface area contributed by atoms with Crippen LogP contribution in [0, 0.1) is 0 Å².